The Morgan fingerprint density at radius 3 is 1.55 bits per heavy atom. The summed E-state index contributed by atoms with van der Waals surface area (Å²) in [4.78, 5) is 20.4. The molecule has 9 aromatic carbocycles. The summed E-state index contributed by atoms with van der Waals surface area (Å²) >= 11 is 0. The first-order valence-electron chi connectivity index (χ1n) is 21.4. The van der Waals surface area contributed by atoms with Gasteiger partial charge in [0, 0.05) is 60.0 Å². The van der Waals surface area contributed by atoms with Crippen LogP contribution in [0, 0.1) is 0 Å². The molecule has 298 valence electrons. The zero-order chi connectivity index (χ0) is 42.1. The van der Waals surface area contributed by atoms with Crippen LogP contribution in [-0.2, 0) is 0 Å². The minimum Gasteiger partial charge on any atom is -0.456 e. The van der Waals surface area contributed by atoms with Gasteiger partial charge >= 0.3 is 0 Å². The van der Waals surface area contributed by atoms with Gasteiger partial charge in [0.1, 0.15) is 22.3 Å². The molecule has 0 bridgehead atoms. The Bertz CT molecular complexity index is 3930. The molecule has 0 aliphatic carbocycles. The predicted molar refractivity (Wildman–Crippen MR) is 260 cm³/mol. The molecule has 0 spiro atoms. The average Bonchev–Trinajstić information content (AvgIpc) is 3.94. The number of furan rings is 2. The molecule has 0 radical (unpaired) electrons. The Kier molecular flexibility index (Phi) is 8.11. The van der Waals surface area contributed by atoms with E-state index in [0.717, 1.165) is 116 Å². The van der Waals surface area contributed by atoms with Crippen LogP contribution in [0.2, 0.25) is 0 Å². The number of nitrogens with zero attached hydrogens (tertiary/aromatic N) is 4. The molecule has 6 heteroatoms. The SMILES string of the molecule is c1ccc(-c2nc(-c3ccc(-c4ccc(-c5nc6ccccc6c6c(-c7ccccc7)c7c(cc56)oc5ccccc57)cc4)cc3)nc(-c3cccc4c3oc3ccccc34)n2)cc1. The van der Waals surface area contributed by atoms with Crippen molar-refractivity contribution in [3.8, 4) is 67.7 Å². The maximum absolute atomic E-state index is 6.59. The van der Waals surface area contributed by atoms with Gasteiger partial charge in [0.15, 0.2) is 17.5 Å². The zero-order valence-electron chi connectivity index (χ0n) is 34.2. The number of hydrogen-bond acceptors (Lipinski definition) is 6. The minimum atomic E-state index is 0.556. The van der Waals surface area contributed by atoms with Gasteiger partial charge in [-0.15, -0.1) is 0 Å². The van der Waals surface area contributed by atoms with E-state index in [4.69, 9.17) is 28.8 Å². The topological polar surface area (TPSA) is 77.8 Å². The highest BCUT2D eigenvalue weighted by Gasteiger charge is 2.22. The van der Waals surface area contributed by atoms with Crippen molar-refractivity contribution < 1.29 is 8.83 Å². The van der Waals surface area contributed by atoms with Crippen LogP contribution >= 0.6 is 0 Å². The molecule has 0 aliphatic rings. The van der Waals surface area contributed by atoms with E-state index >= 15 is 0 Å². The molecule has 0 saturated carbocycles. The Morgan fingerprint density at radius 1 is 0.297 bits per heavy atom. The van der Waals surface area contributed by atoms with Gasteiger partial charge in [0.2, 0.25) is 0 Å². The molecule has 64 heavy (non-hydrogen) atoms. The first kappa shape index (κ1) is 36.0. The van der Waals surface area contributed by atoms with Crippen LogP contribution in [-0.4, -0.2) is 19.9 Å². The maximum Gasteiger partial charge on any atom is 0.167 e. The summed E-state index contributed by atoms with van der Waals surface area (Å²) in [5, 5.41) is 7.62. The van der Waals surface area contributed by atoms with Crippen molar-refractivity contribution in [2.24, 2.45) is 0 Å². The fraction of sp³-hybridized carbons (Fsp3) is 0. The lowest BCUT2D eigenvalue weighted by atomic mass is 9.89. The highest BCUT2D eigenvalue weighted by Crippen LogP contribution is 2.46. The van der Waals surface area contributed by atoms with Crippen LogP contribution in [0.1, 0.15) is 0 Å². The molecule has 6 nitrogen and oxygen atoms in total. The van der Waals surface area contributed by atoms with Gasteiger partial charge in [-0.1, -0.05) is 176 Å². The van der Waals surface area contributed by atoms with Gasteiger partial charge in [-0.05, 0) is 47.0 Å². The van der Waals surface area contributed by atoms with E-state index in [9.17, 15) is 0 Å². The van der Waals surface area contributed by atoms with Crippen LogP contribution < -0.4 is 0 Å². The third-order valence-electron chi connectivity index (χ3n) is 12.3. The van der Waals surface area contributed by atoms with Gasteiger partial charge in [0.05, 0.1) is 16.8 Å². The first-order chi connectivity index (χ1) is 31.7. The molecule has 0 atom stereocenters. The number of aromatic nitrogens is 4. The Morgan fingerprint density at radius 2 is 0.828 bits per heavy atom. The van der Waals surface area contributed by atoms with Gasteiger partial charge in [-0.2, -0.15) is 0 Å². The maximum atomic E-state index is 6.59. The summed E-state index contributed by atoms with van der Waals surface area (Å²) in [7, 11) is 0. The van der Waals surface area contributed by atoms with Crippen LogP contribution in [0.15, 0.2) is 215 Å². The largest absolute Gasteiger partial charge is 0.456 e. The smallest absolute Gasteiger partial charge is 0.167 e. The van der Waals surface area contributed by atoms with Gasteiger partial charge in [-0.25, -0.2) is 19.9 Å². The van der Waals surface area contributed by atoms with Crippen LogP contribution in [0.25, 0.3) is 133 Å². The number of pyridine rings is 1. The summed E-state index contributed by atoms with van der Waals surface area (Å²) in [5.74, 6) is 1.74. The molecule has 0 fully saturated rings. The molecule has 0 aliphatic heterocycles. The molecular formula is C58H34N4O2. The standard InChI is InChI=1S/C58H34N4O2/c1-3-14-37(15-4-1)51-52-43-19-7-10-23-47(43)59-54(46(52)34-50-53(51)44-20-9-12-25-49(44)63-50)38-30-26-35(27-31-38)36-28-32-40(33-29-36)57-60-56(39-16-5-2-6-17-39)61-58(62-57)45-22-13-21-42-41-18-8-11-24-48(41)64-55(42)45/h1-34H. The minimum absolute atomic E-state index is 0.556. The van der Waals surface area contributed by atoms with Crippen molar-refractivity contribution >= 4 is 65.6 Å². The fourth-order valence-corrected chi connectivity index (χ4v) is 9.33. The van der Waals surface area contributed by atoms with Crippen molar-refractivity contribution in [2.45, 2.75) is 0 Å². The highest BCUT2D eigenvalue weighted by atomic mass is 16.3. The summed E-state index contributed by atoms with van der Waals surface area (Å²) < 4.78 is 13.0. The summed E-state index contributed by atoms with van der Waals surface area (Å²) in [6, 6.07) is 71.0. The lowest BCUT2D eigenvalue weighted by molar-refractivity contribution is 0.669. The van der Waals surface area contributed by atoms with E-state index in [1.54, 1.807) is 0 Å². The lowest BCUT2D eigenvalue weighted by Crippen LogP contribution is -2.00. The summed E-state index contributed by atoms with van der Waals surface area (Å²) in [6.45, 7) is 0. The quantitative estimate of drug-likeness (QED) is 0.156. The number of fused-ring (bicyclic) bond motifs is 9. The third-order valence-corrected chi connectivity index (χ3v) is 12.3. The van der Waals surface area contributed by atoms with Crippen molar-refractivity contribution in [1.29, 1.82) is 0 Å². The second-order valence-corrected chi connectivity index (χ2v) is 16.1. The second-order valence-electron chi connectivity index (χ2n) is 16.1. The molecule has 4 aromatic heterocycles. The molecule has 0 saturated heterocycles. The highest BCUT2D eigenvalue weighted by molar-refractivity contribution is 6.27. The molecule has 0 N–H and O–H groups in total. The van der Waals surface area contributed by atoms with Crippen molar-refractivity contribution in [3.63, 3.8) is 0 Å². The normalized spacial score (nSPS) is 11.8. The number of para-hydroxylation sites is 4. The van der Waals surface area contributed by atoms with Crippen LogP contribution in [0.3, 0.4) is 0 Å². The van der Waals surface area contributed by atoms with Crippen LogP contribution in [0.4, 0.5) is 0 Å². The van der Waals surface area contributed by atoms with Crippen LogP contribution in [0.5, 0.6) is 0 Å². The summed E-state index contributed by atoms with van der Waals surface area (Å²) in [5.41, 5.74) is 13.2. The predicted octanol–water partition coefficient (Wildman–Crippen LogP) is 15.4. The number of rotatable bonds is 6. The van der Waals surface area contributed by atoms with Gasteiger partial charge < -0.3 is 8.83 Å². The first-order valence-corrected chi connectivity index (χ1v) is 21.4. The molecule has 13 aromatic rings. The van der Waals surface area contributed by atoms with E-state index in [2.05, 4.69) is 133 Å². The van der Waals surface area contributed by atoms with Crippen molar-refractivity contribution in [3.05, 3.63) is 206 Å². The zero-order valence-corrected chi connectivity index (χ0v) is 34.2. The molecule has 0 amide bonds. The molecule has 0 unspecified atom stereocenters. The van der Waals surface area contributed by atoms with E-state index in [0.29, 0.717) is 17.5 Å². The third kappa shape index (κ3) is 5.81. The van der Waals surface area contributed by atoms with E-state index in [1.165, 1.54) is 0 Å². The van der Waals surface area contributed by atoms with Gasteiger partial charge in [0.25, 0.3) is 0 Å². The van der Waals surface area contributed by atoms with Gasteiger partial charge in [-0.3, -0.25) is 0 Å². The lowest BCUT2D eigenvalue weighted by Gasteiger charge is -2.16. The Hall–Kier alpha value is -8.74. The monoisotopic (exact) mass is 818 g/mol. The second kappa shape index (κ2) is 14.4. The fourth-order valence-electron chi connectivity index (χ4n) is 9.33. The average molecular weight is 819 g/mol. The number of benzene rings is 9. The Labute approximate surface area is 366 Å². The Balaban J connectivity index is 0.910. The van der Waals surface area contributed by atoms with Crippen molar-refractivity contribution in [2.75, 3.05) is 0 Å². The molecule has 4 heterocycles. The molecule has 13 rings (SSSR count). The van der Waals surface area contributed by atoms with Crippen molar-refractivity contribution in [1.82, 2.24) is 19.9 Å². The summed E-state index contributed by atoms with van der Waals surface area (Å²) in [6.07, 6.45) is 0. The van der Waals surface area contributed by atoms with E-state index in [-0.39, 0.29) is 0 Å². The van der Waals surface area contributed by atoms with E-state index in [1.807, 2.05) is 72.8 Å². The van der Waals surface area contributed by atoms with E-state index < -0.39 is 0 Å². The number of hydrogen-bond donors (Lipinski definition) is 0. The molecular weight excluding hydrogens is 785 g/mol.